The molecule has 0 atom stereocenters. The molecule has 14 heavy (non-hydrogen) atoms. The van der Waals surface area contributed by atoms with Gasteiger partial charge in [0, 0.05) is 6.07 Å². The van der Waals surface area contributed by atoms with Crippen LogP contribution in [0.1, 0.15) is 31.9 Å². The van der Waals surface area contributed by atoms with Gasteiger partial charge < -0.3 is 10.8 Å². The number of hydrogen-bond donors (Lipinski definition) is 2. The summed E-state index contributed by atoms with van der Waals surface area (Å²) in [5.74, 6) is 0.644. The van der Waals surface area contributed by atoms with Gasteiger partial charge >= 0.3 is 0 Å². The quantitative estimate of drug-likeness (QED) is 0.673. The van der Waals surface area contributed by atoms with Gasteiger partial charge in [-0.25, -0.2) is 4.68 Å². The highest BCUT2D eigenvalue weighted by Crippen LogP contribution is 2.09. The normalized spacial score (nSPS) is 10.7. The predicted octanol–water partition coefficient (Wildman–Crippen LogP) is 1.19. The minimum atomic E-state index is 0.0836. The Kier molecular flexibility index (Phi) is 4.46. The summed E-state index contributed by atoms with van der Waals surface area (Å²) in [6.07, 6.45) is 4.59. The third-order valence-corrected chi connectivity index (χ3v) is 2.21. The second kappa shape index (κ2) is 5.65. The Morgan fingerprint density at radius 1 is 1.50 bits per heavy atom. The number of aliphatic hydroxyl groups is 1. The molecule has 0 spiro atoms. The summed E-state index contributed by atoms with van der Waals surface area (Å²) >= 11 is 0. The summed E-state index contributed by atoms with van der Waals surface area (Å²) in [6.45, 7) is 2.75. The van der Waals surface area contributed by atoms with Crippen LogP contribution in [0, 0.1) is 0 Å². The third kappa shape index (κ3) is 3.03. The molecule has 80 valence electrons. The van der Waals surface area contributed by atoms with Crippen LogP contribution < -0.4 is 5.73 Å². The zero-order chi connectivity index (χ0) is 10.4. The Hall–Kier alpha value is -1.03. The first kappa shape index (κ1) is 11.0. The third-order valence-electron chi connectivity index (χ3n) is 2.21. The molecule has 0 saturated carbocycles. The molecule has 0 aliphatic carbocycles. The molecule has 1 aromatic rings. The van der Waals surface area contributed by atoms with Crippen LogP contribution in [0.3, 0.4) is 0 Å². The number of nitrogens with zero attached hydrogens (tertiary/aromatic N) is 2. The van der Waals surface area contributed by atoms with Crippen molar-refractivity contribution in [1.82, 2.24) is 9.78 Å². The predicted molar refractivity (Wildman–Crippen MR) is 57.0 cm³/mol. The van der Waals surface area contributed by atoms with E-state index >= 15 is 0 Å². The van der Waals surface area contributed by atoms with E-state index in [2.05, 4.69) is 12.0 Å². The molecule has 0 unspecified atom stereocenters. The molecule has 0 aliphatic heterocycles. The fourth-order valence-electron chi connectivity index (χ4n) is 1.44. The molecule has 1 rings (SSSR count). The highest BCUT2D eigenvalue weighted by atomic mass is 16.3. The van der Waals surface area contributed by atoms with Gasteiger partial charge in [0.1, 0.15) is 5.82 Å². The van der Waals surface area contributed by atoms with Crippen molar-refractivity contribution in [3.63, 3.8) is 0 Å². The van der Waals surface area contributed by atoms with Crippen LogP contribution in [-0.2, 0) is 13.0 Å². The van der Waals surface area contributed by atoms with E-state index in [0.29, 0.717) is 12.4 Å². The highest BCUT2D eigenvalue weighted by molar-refractivity contribution is 5.30. The van der Waals surface area contributed by atoms with Crippen molar-refractivity contribution in [1.29, 1.82) is 0 Å². The summed E-state index contributed by atoms with van der Waals surface area (Å²) < 4.78 is 1.65. The van der Waals surface area contributed by atoms with E-state index in [1.807, 2.05) is 6.07 Å². The lowest BCUT2D eigenvalue weighted by Crippen LogP contribution is -2.07. The van der Waals surface area contributed by atoms with Gasteiger partial charge in [-0.2, -0.15) is 5.10 Å². The van der Waals surface area contributed by atoms with E-state index in [1.165, 1.54) is 12.8 Å². The Morgan fingerprint density at radius 3 is 2.93 bits per heavy atom. The van der Waals surface area contributed by atoms with Gasteiger partial charge in [0.15, 0.2) is 0 Å². The van der Waals surface area contributed by atoms with Crippen LogP contribution in [0.4, 0.5) is 5.82 Å². The Labute approximate surface area is 84.7 Å². The maximum Gasteiger partial charge on any atom is 0.122 e. The summed E-state index contributed by atoms with van der Waals surface area (Å²) in [4.78, 5) is 0. The summed E-state index contributed by atoms with van der Waals surface area (Å²) in [5, 5.41) is 13.1. The number of anilines is 1. The first-order chi connectivity index (χ1) is 6.77. The number of nitrogen functional groups attached to an aromatic ring is 1. The van der Waals surface area contributed by atoms with E-state index in [0.717, 1.165) is 18.5 Å². The van der Waals surface area contributed by atoms with E-state index < -0.39 is 0 Å². The average Bonchev–Trinajstić information content (AvgIpc) is 2.49. The van der Waals surface area contributed by atoms with Crippen molar-refractivity contribution in [2.75, 3.05) is 12.3 Å². The maximum absolute atomic E-state index is 8.75. The van der Waals surface area contributed by atoms with Crippen LogP contribution in [0.2, 0.25) is 0 Å². The van der Waals surface area contributed by atoms with Crippen LogP contribution in [0.5, 0.6) is 0 Å². The molecule has 4 nitrogen and oxygen atoms in total. The molecule has 4 heteroatoms. The SMILES string of the molecule is CCCCCc1cc(N)n(CCO)n1. The van der Waals surface area contributed by atoms with Gasteiger partial charge in [0.2, 0.25) is 0 Å². The summed E-state index contributed by atoms with van der Waals surface area (Å²) in [7, 11) is 0. The fourth-order valence-corrected chi connectivity index (χ4v) is 1.44. The van der Waals surface area contributed by atoms with Crippen molar-refractivity contribution in [2.45, 2.75) is 39.2 Å². The standard InChI is InChI=1S/C10H19N3O/c1-2-3-4-5-9-8-10(11)13(12-9)6-7-14/h8,14H,2-7,11H2,1H3. The number of aryl methyl sites for hydroxylation is 1. The lowest BCUT2D eigenvalue weighted by Gasteiger charge is -1.99. The number of nitrogens with two attached hydrogens (primary N) is 1. The Morgan fingerprint density at radius 2 is 2.29 bits per heavy atom. The van der Waals surface area contributed by atoms with Gasteiger partial charge in [0.05, 0.1) is 18.8 Å². The molecule has 1 heterocycles. The van der Waals surface area contributed by atoms with E-state index in [9.17, 15) is 0 Å². The minimum absolute atomic E-state index is 0.0836. The van der Waals surface area contributed by atoms with Crippen molar-refractivity contribution >= 4 is 5.82 Å². The second-order valence-electron chi connectivity index (χ2n) is 3.46. The largest absolute Gasteiger partial charge is 0.394 e. The number of aromatic nitrogens is 2. The number of rotatable bonds is 6. The number of aliphatic hydroxyl groups excluding tert-OH is 1. The monoisotopic (exact) mass is 197 g/mol. The summed E-state index contributed by atoms with van der Waals surface area (Å²) in [6, 6.07) is 1.89. The van der Waals surface area contributed by atoms with Gasteiger partial charge in [-0.15, -0.1) is 0 Å². The molecule has 1 aromatic heterocycles. The topological polar surface area (TPSA) is 64.1 Å². The van der Waals surface area contributed by atoms with Crippen LogP contribution >= 0.6 is 0 Å². The zero-order valence-corrected chi connectivity index (χ0v) is 8.74. The molecular formula is C10H19N3O. The zero-order valence-electron chi connectivity index (χ0n) is 8.74. The van der Waals surface area contributed by atoms with Crippen LogP contribution in [0.25, 0.3) is 0 Å². The average molecular weight is 197 g/mol. The van der Waals surface area contributed by atoms with Crippen LogP contribution in [-0.4, -0.2) is 21.5 Å². The van der Waals surface area contributed by atoms with Crippen LogP contribution in [0.15, 0.2) is 6.07 Å². The Balaban J connectivity index is 2.48. The maximum atomic E-state index is 8.75. The van der Waals surface area contributed by atoms with Crippen molar-refractivity contribution in [3.8, 4) is 0 Å². The van der Waals surface area contributed by atoms with E-state index in [1.54, 1.807) is 4.68 Å². The Bertz CT molecular complexity index is 270. The first-order valence-electron chi connectivity index (χ1n) is 5.21. The molecule has 0 bridgehead atoms. The number of hydrogen-bond acceptors (Lipinski definition) is 3. The number of unbranched alkanes of at least 4 members (excludes halogenated alkanes) is 2. The molecule has 0 saturated heterocycles. The smallest absolute Gasteiger partial charge is 0.122 e. The highest BCUT2D eigenvalue weighted by Gasteiger charge is 2.03. The molecule has 0 aliphatic rings. The minimum Gasteiger partial charge on any atom is -0.394 e. The summed E-state index contributed by atoms with van der Waals surface area (Å²) in [5.41, 5.74) is 6.75. The lowest BCUT2D eigenvalue weighted by molar-refractivity contribution is 0.270. The van der Waals surface area contributed by atoms with E-state index in [-0.39, 0.29) is 6.61 Å². The van der Waals surface area contributed by atoms with Gasteiger partial charge in [-0.1, -0.05) is 19.8 Å². The molecule has 0 aromatic carbocycles. The van der Waals surface area contributed by atoms with Gasteiger partial charge in [0.25, 0.3) is 0 Å². The van der Waals surface area contributed by atoms with Crippen molar-refractivity contribution < 1.29 is 5.11 Å². The second-order valence-corrected chi connectivity index (χ2v) is 3.46. The molecular weight excluding hydrogens is 178 g/mol. The molecule has 0 fully saturated rings. The van der Waals surface area contributed by atoms with Crippen molar-refractivity contribution in [3.05, 3.63) is 11.8 Å². The van der Waals surface area contributed by atoms with Gasteiger partial charge in [-0.3, -0.25) is 0 Å². The molecule has 0 radical (unpaired) electrons. The van der Waals surface area contributed by atoms with E-state index in [4.69, 9.17) is 10.8 Å². The molecule has 3 N–H and O–H groups in total. The molecule has 0 amide bonds. The lowest BCUT2D eigenvalue weighted by atomic mass is 10.2. The van der Waals surface area contributed by atoms with Gasteiger partial charge in [-0.05, 0) is 12.8 Å². The fraction of sp³-hybridized carbons (Fsp3) is 0.700. The van der Waals surface area contributed by atoms with Crippen molar-refractivity contribution in [2.24, 2.45) is 0 Å². The first-order valence-corrected chi connectivity index (χ1v) is 5.21.